The van der Waals surface area contributed by atoms with Crippen molar-refractivity contribution in [1.82, 2.24) is 9.88 Å². The van der Waals surface area contributed by atoms with E-state index in [-0.39, 0.29) is 24.5 Å². The molecule has 1 aromatic carbocycles. The van der Waals surface area contributed by atoms with Crippen LogP contribution >= 0.6 is 0 Å². The summed E-state index contributed by atoms with van der Waals surface area (Å²) in [6.45, 7) is 3.13. The Labute approximate surface area is 169 Å². The number of carbonyl (C=O) groups is 2. The van der Waals surface area contributed by atoms with Crippen molar-refractivity contribution >= 4 is 17.4 Å². The van der Waals surface area contributed by atoms with E-state index in [1.807, 2.05) is 6.92 Å². The maximum Gasteiger partial charge on any atom is 0.295 e. The minimum atomic E-state index is -0.716. The lowest BCUT2D eigenvalue weighted by Gasteiger charge is -2.25. The van der Waals surface area contributed by atoms with Gasteiger partial charge in [-0.3, -0.25) is 14.6 Å². The van der Waals surface area contributed by atoms with Crippen LogP contribution in [-0.4, -0.2) is 53.5 Å². The van der Waals surface area contributed by atoms with E-state index in [0.29, 0.717) is 23.5 Å². The quantitative estimate of drug-likeness (QED) is 0.419. The van der Waals surface area contributed by atoms with E-state index >= 15 is 0 Å². The third-order valence-corrected chi connectivity index (χ3v) is 4.70. The second-order valence-electron chi connectivity index (χ2n) is 6.64. The summed E-state index contributed by atoms with van der Waals surface area (Å²) in [5.41, 5.74) is 1.19. The topological polar surface area (TPSA) is 89.0 Å². The fourth-order valence-corrected chi connectivity index (χ4v) is 3.28. The smallest absolute Gasteiger partial charge is 0.295 e. The molecule has 0 bridgehead atoms. The van der Waals surface area contributed by atoms with Crippen molar-refractivity contribution in [2.24, 2.45) is 0 Å². The highest BCUT2D eigenvalue weighted by Gasteiger charge is 2.45. The van der Waals surface area contributed by atoms with Gasteiger partial charge in [0.2, 0.25) is 0 Å². The molecule has 7 heteroatoms. The van der Waals surface area contributed by atoms with Crippen LogP contribution in [0.5, 0.6) is 5.75 Å². The number of hydrogen-bond donors (Lipinski definition) is 1. The Hall–Kier alpha value is -3.19. The van der Waals surface area contributed by atoms with E-state index in [1.165, 1.54) is 24.4 Å². The van der Waals surface area contributed by atoms with Gasteiger partial charge in [-0.1, -0.05) is 19.1 Å². The number of hydrogen-bond acceptors (Lipinski definition) is 6. The van der Waals surface area contributed by atoms with Gasteiger partial charge in [-0.15, -0.1) is 0 Å². The van der Waals surface area contributed by atoms with Gasteiger partial charge in [-0.25, -0.2) is 0 Å². The number of pyridine rings is 1. The third kappa shape index (κ3) is 4.30. The van der Waals surface area contributed by atoms with E-state index in [9.17, 15) is 14.7 Å². The molecule has 1 unspecified atom stereocenters. The normalized spacial score (nSPS) is 18.3. The maximum absolute atomic E-state index is 12.8. The summed E-state index contributed by atoms with van der Waals surface area (Å²) in [5, 5.41) is 10.9. The molecule has 29 heavy (non-hydrogen) atoms. The Morgan fingerprint density at radius 1 is 1.10 bits per heavy atom. The highest BCUT2D eigenvalue weighted by atomic mass is 16.5. The molecule has 1 saturated heterocycles. The number of aromatic nitrogens is 1. The van der Waals surface area contributed by atoms with Gasteiger partial charge >= 0.3 is 0 Å². The molecule has 1 fully saturated rings. The Morgan fingerprint density at radius 2 is 1.79 bits per heavy atom. The zero-order valence-corrected chi connectivity index (χ0v) is 16.5. The van der Waals surface area contributed by atoms with Crippen LogP contribution in [0.15, 0.2) is 54.4 Å². The predicted octanol–water partition coefficient (Wildman–Crippen LogP) is 2.94. The van der Waals surface area contributed by atoms with Crippen molar-refractivity contribution in [2.45, 2.75) is 19.4 Å². The molecule has 0 radical (unpaired) electrons. The number of methoxy groups -OCH3 is 1. The number of rotatable bonds is 8. The number of Topliss-reactive ketones (excluding diaryl/α,β-unsaturated/α-hetero) is 1. The molecule has 7 nitrogen and oxygen atoms in total. The standard InChI is InChI=1S/C22H24N2O5/c1-3-13-29-17-6-4-15(5-7-17)19-18(20(25)16-8-10-23-11-9-16)21(26)22(27)24(19)12-14-28-2/h4-11,19,25H,3,12-14H2,1-2H3. The number of aliphatic hydroxyl groups is 1. The van der Waals surface area contributed by atoms with Gasteiger partial charge in [-0.2, -0.15) is 0 Å². The van der Waals surface area contributed by atoms with Crippen LogP contribution in [0.4, 0.5) is 0 Å². The van der Waals surface area contributed by atoms with Gasteiger partial charge in [0.15, 0.2) is 0 Å². The van der Waals surface area contributed by atoms with Crippen LogP contribution < -0.4 is 4.74 Å². The second kappa shape index (κ2) is 9.34. The number of ketones is 1. The summed E-state index contributed by atoms with van der Waals surface area (Å²) in [6.07, 6.45) is 3.93. The molecule has 152 valence electrons. The first kappa shape index (κ1) is 20.5. The van der Waals surface area contributed by atoms with Gasteiger partial charge in [-0.05, 0) is 36.2 Å². The summed E-state index contributed by atoms with van der Waals surface area (Å²) >= 11 is 0. The molecule has 1 N–H and O–H groups in total. The van der Waals surface area contributed by atoms with Gasteiger partial charge in [0.1, 0.15) is 11.5 Å². The van der Waals surface area contributed by atoms with Crippen molar-refractivity contribution in [3.63, 3.8) is 0 Å². The van der Waals surface area contributed by atoms with Crippen LogP contribution in [0.3, 0.4) is 0 Å². The van der Waals surface area contributed by atoms with E-state index in [2.05, 4.69) is 4.98 Å². The van der Waals surface area contributed by atoms with Crippen LogP contribution in [0.1, 0.15) is 30.5 Å². The van der Waals surface area contributed by atoms with Crippen molar-refractivity contribution < 1.29 is 24.2 Å². The number of benzene rings is 1. The molecule has 3 rings (SSSR count). The molecule has 1 atom stereocenters. The van der Waals surface area contributed by atoms with Gasteiger partial charge in [0.05, 0.1) is 24.8 Å². The largest absolute Gasteiger partial charge is 0.507 e. The van der Waals surface area contributed by atoms with Crippen molar-refractivity contribution in [3.8, 4) is 5.75 Å². The van der Waals surface area contributed by atoms with E-state index in [4.69, 9.17) is 9.47 Å². The van der Waals surface area contributed by atoms with Crippen LogP contribution in [-0.2, 0) is 14.3 Å². The van der Waals surface area contributed by atoms with Crippen LogP contribution in [0.2, 0.25) is 0 Å². The molecule has 1 aliphatic heterocycles. The van der Waals surface area contributed by atoms with E-state index in [1.54, 1.807) is 36.4 Å². The molecule has 2 aromatic rings. The van der Waals surface area contributed by atoms with Crippen molar-refractivity contribution in [3.05, 3.63) is 65.5 Å². The average molecular weight is 396 g/mol. The Balaban J connectivity index is 2.05. The van der Waals surface area contributed by atoms with Gasteiger partial charge in [0.25, 0.3) is 11.7 Å². The SMILES string of the molecule is CCCOc1ccc(C2C(=C(O)c3ccncc3)C(=O)C(=O)N2CCOC)cc1. The Morgan fingerprint density at radius 3 is 2.41 bits per heavy atom. The minimum absolute atomic E-state index is 0.0551. The summed E-state index contributed by atoms with van der Waals surface area (Å²) in [5.74, 6) is -0.888. The first-order valence-corrected chi connectivity index (χ1v) is 9.49. The molecular formula is C22H24N2O5. The maximum atomic E-state index is 12.8. The fraction of sp³-hybridized carbons (Fsp3) is 0.318. The zero-order valence-electron chi connectivity index (χ0n) is 16.5. The lowest BCUT2D eigenvalue weighted by Crippen LogP contribution is -2.32. The van der Waals surface area contributed by atoms with Gasteiger partial charge < -0.3 is 19.5 Å². The summed E-state index contributed by atoms with van der Waals surface area (Å²) < 4.78 is 10.7. The van der Waals surface area contributed by atoms with Gasteiger partial charge in [0, 0.05) is 31.6 Å². The molecule has 1 amide bonds. The molecular weight excluding hydrogens is 372 g/mol. The van der Waals surface area contributed by atoms with Crippen LogP contribution in [0, 0.1) is 0 Å². The van der Waals surface area contributed by atoms with Crippen molar-refractivity contribution in [2.75, 3.05) is 26.9 Å². The fourth-order valence-electron chi connectivity index (χ4n) is 3.28. The van der Waals surface area contributed by atoms with E-state index in [0.717, 1.165) is 6.42 Å². The first-order valence-electron chi connectivity index (χ1n) is 9.49. The Kier molecular flexibility index (Phi) is 6.61. The molecule has 0 spiro atoms. The van der Waals surface area contributed by atoms with Crippen molar-refractivity contribution in [1.29, 1.82) is 0 Å². The molecule has 0 saturated carbocycles. The number of aliphatic hydroxyl groups excluding tert-OH is 1. The summed E-state index contributed by atoms with van der Waals surface area (Å²) in [4.78, 5) is 30.8. The van der Waals surface area contributed by atoms with Crippen LogP contribution in [0.25, 0.3) is 5.76 Å². The number of ether oxygens (including phenoxy) is 2. The predicted molar refractivity (Wildman–Crippen MR) is 107 cm³/mol. The monoisotopic (exact) mass is 396 g/mol. The highest BCUT2D eigenvalue weighted by molar-refractivity contribution is 6.46. The lowest BCUT2D eigenvalue weighted by atomic mass is 9.95. The summed E-state index contributed by atoms with van der Waals surface area (Å²) in [7, 11) is 1.53. The van der Waals surface area contributed by atoms with E-state index < -0.39 is 17.7 Å². The molecule has 0 aliphatic carbocycles. The summed E-state index contributed by atoms with van der Waals surface area (Å²) in [6, 6.07) is 9.69. The highest BCUT2D eigenvalue weighted by Crippen LogP contribution is 2.39. The number of amides is 1. The zero-order chi connectivity index (χ0) is 20.8. The minimum Gasteiger partial charge on any atom is -0.507 e. The Bertz CT molecular complexity index is 893. The number of carbonyl (C=O) groups excluding carboxylic acids is 2. The molecule has 2 heterocycles. The number of likely N-dealkylation sites (tertiary alicyclic amines) is 1. The third-order valence-electron chi connectivity index (χ3n) is 4.70. The number of nitrogens with zero attached hydrogens (tertiary/aromatic N) is 2. The lowest BCUT2D eigenvalue weighted by molar-refractivity contribution is -0.140. The second-order valence-corrected chi connectivity index (χ2v) is 6.64. The first-order chi connectivity index (χ1) is 14.1. The molecule has 1 aromatic heterocycles. The molecule has 1 aliphatic rings. The average Bonchev–Trinajstić information content (AvgIpc) is 3.01.